The Balaban J connectivity index is 1.73. The molecule has 27 heavy (non-hydrogen) atoms. The molecule has 1 aromatic carbocycles. The van der Waals surface area contributed by atoms with Gasteiger partial charge in [0.15, 0.2) is 5.13 Å². The van der Waals surface area contributed by atoms with Crippen LogP contribution in [0.3, 0.4) is 0 Å². The van der Waals surface area contributed by atoms with Crippen LogP contribution < -0.4 is 10.1 Å². The summed E-state index contributed by atoms with van der Waals surface area (Å²) in [5.41, 5.74) is 1.76. The lowest BCUT2D eigenvalue weighted by atomic mass is 9.93. The molecule has 1 saturated heterocycles. The van der Waals surface area contributed by atoms with E-state index in [9.17, 15) is 9.59 Å². The molecule has 144 valence electrons. The second kappa shape index (κ2) is 7.68. The number of benzene rings is 1. The molecule has 1 unspecified atom stereocenters. The molecule has 2 amide bonds. The fourth-order valence-electron chi connectivity index (χ4n) is 3.09. The standard InChI is InChI=1S/C20H25N3O3S/c1-20(2,3)16-12-27-19(21-16)22-18(25)14-9-10-17(24)23(14)11-13-7-5-6-8-15(13)26-4/h5-8,12,14H,9-11H2,1-4H3,(H,21,22,25). The number of hydrogen-bond acceptors (Lipinski definition) is 5. The summed E-state index contributed by atoms with van der Waals surface area (Å²) in [5.74, 6) is 0.507. The molecule has 0 aliphatic carbocycles. The van der Waals surface area contributed by atoms with E-state index in [0.29, 0.717) is 30.3 Å². The Labute approximate surface area is 163 Å². The molecule has 0 radical (unpaired) electrons. The summed E-state index contributed by atoms with van der Waals surface area (Å²) in [5, 5.41) is 5.42. The second-order valence-corrected chi connectivity index (χ2v) is 8.52. The first-order chi connectivity index (χ1) is 12.8. The Hall–Kier alpha value is -2.41. The first-order valence-electron chi connectivity index (χ1n) is 8.98. The van der Waals surface area contributed by atoms with Gasteiger partial charge in [0, 0.05) is 22.8 Å². The average molecular weight is 388 g/mol. The van der Waals surface area contributed by atoms with Crippen LogP contribution in [-0.4, -0.2) is 34.8 Å². The first kappa shape index (κ1) is 19.4. The Kier molecular flexibility index (Phi) is 5.51. The monoisotopic (exact) mass is 387 g/mol. The molecule has 2 aromatic rings. The molecule has 1 aliphatic rings. The number of aromatic nitrogens is 1. The molecular formula is C20H25N3O3S. The highest BCUT2D eigenvalue weighted by atomic mass is 32.1. The van der Waals surface area contributed by atoms with Crippen molar-refractivity contribution >= 4 is 28.3 Å². The summed E-state index contributed by atoms with van der Waals surface area (Å²) in [6, 6.07) is 7.05. The highest BCUT2D eigenvalue weighted by Crippen LogP contribution is 2.29. The Morgan fingerprint density at radius 1 is 1.37 bits per heavy atom. The lowest BCUT2D eigenvalue weighted by molar-refractivity contribution is -0.133. The lowest BCUT2D eigenvalue weighted by Gasteiger charge is -2.24. The molecule has 6 nitrogen and oxygen atoms in total. The van der Waals surface area contributed by atoms with Crippen LogP contribution in [0.25, 0.3) is 0 Å². The maximum absolute atomic E-state index is 12.8. The third-order valence-electron chi connectivity index (χ3n) is 4.67. The first-order valence-corrected chi connectivity index (χ1v) is 9.86. The van der Waals surface area contributed by atoms with Gasteiger partial charge in [-0.25, -0.2) is 4.98 Å². The fourth-order valence-corrected chi connectivity index (χ4v) is 4.03. The second-order valence-electron chi connectivity index (χ2n) is 7.67. The smallest absolute Gasteiger partial charge is 0.248 e. The minimum absolute atomic E-state index is 0.0180. The van der Waals surface area contributed by atoms with E-state index >= 15 is 0 Å². The molecule has 1 atom stereocenters. The third-order valence-corrected chi connectivity index (χ3v) is 5.42. The molecule has 0 spiro atoms. The lowest BCUT2D eigenvalue weighted by Crippen LogP contribution is -2.41. The van der Waals surface area contributed by atoms with Gasteiger partial charge in [-0.1, -0.05) is 39.0 Å². The van der Waals surface area contributed by atoms with Crippen LogP contribution in [0.1, 0.15) is 44.9 Å². The number of carbonyl (C=O) groups is 2. The molecule has 1 N–H and O–H groups in total. The molecule has 1 fully saturated rings. The van der Waals surface area contributed by atoms with E-state index < -0.39 is 6.04 Å². The normalized spacial score (nSPS) is 17.3. The molecule has 1 aliphatic heterocycles. The maximum atomic E-state index is 12.8. The van der Waals surface area contributed by atoms with Gasteiger partial charge in [0.05, 0.1) is 19.3 Å². The summed E-state index contributed by atoms with van der Waals surface area (Å²) in [6.45, 7) is 6.60. The molecular weight excluding hydrogens is 362 g/mol. The van der Waals surface area contributed by atoms with E-state index in [2.05, 4.69) is 31.1 Å². The van der Waals surface area contributed by atoms with Crippen LogP contribution in [0, 0.1) is 0 Å². The molecule has 0 saturated carbocycles. The average Bonchev–Trinajstić information content (AvgIpc) is 3.23. The van der Waals surface area contributed by atoms with Gasteiger partial charge in [0.1, 0.15) is 11.8 Å². The van der Waals surface area contributed by atoms with Crippen LogP contribution in [0.2, 0.25) is 0 Å². The third kappa shape index (κ3) is 4.30. The molecule has 3 rings (SSSR count). The van der Waals surface area contributed by atoms with Crippen molar-refractivity contribution in [3.63, 3.8) is 0 Å². The van der Waals surface area contributed by atoms with Crippen LogP contribution in [0.15, 0.2) is 29.6 Å². The fraction of sp³-hybridized carbons (Fsp3) is 0.450. The van der Waals surface area contributed by atoms with Gasteiger partial charge >= 0.3 is 0 Å². The van der Waals surface area contributed by atoms with Crippen molar-refractivity contribution in [2.24, 2.45) is 0 Å². The van der Waals surface area contributed by atoms with E-state index in [0.717, 1.165) is 11.3 Å². The number of nitrogens with zero attached hydrogens (tertiary/aromatic N) is 2. The van der Waals surface area contributed by atoms with E-state index in [4.69, 9.17) is 4.74 Å². The van der Waals surface area contributed by atoms with Crippen molar-refractivity contribution in [2.75, 3.05) is 12.4 Å². The maximum Gasteiger partial charge on any atom is 0.248 e. The van der Waals surface area contributed by atoms with Crippen LogP contribution in [-0.2, 0) is 21.5 Å². The van der Waals surface area contributed by atoms with Crippen molar-refractivity contribution in [3.8, 4) is 5.75 Å². The highest BCUT2D eigenvalue weighted by molar-refractivity contribution is 7.14. The number of hydrogen-bond donors (Lipinski definition) is 1. The number of amides is 2. The van der Waals surface area contributed by atoms with Crippen molar-refractivity contribution in [2.45, 2.75) is 51.6 Å². The minimum atomic E-state index is -0.496. The van der Waals surface area contributed by atoms with Crippen LogP contribution >= 0.6 is 11.3 Å². The number of carbonyl (C=O) groups excluding carboxylic acids is 2. The van der Waals surface area contributed by atoms with Gasteiger partial charge < -0.3 is 15.0 Å². The molecule has 1 aromatic heterocycles. The summed E-state index contributed by atoms with van der Waals surface area (Å²) >= 11 is 1.41. The van der Waals surface area contributed by atoms with Gasteiger partial charge in [-0.3, -0.25) is 9.59 Å². The Morgan fingerprint density at radius 3 is 2.78 bits per heavy atom. The van der Waals surface area contributed by atoms with Gasteiger partial charge in [-0.05, 0) is 12.5 Å². The Bertz CT molecular complexity index is 841. The largest absolute Gasteiger partial charge is 0.496 e. The van der Waals surface area contributed by atoms with Gasteiger partial charge in [-0.2, -0.15) is 0 Å². The quantitative estimate of drug-likeness (QED) is 0.851. The summed E-state index contributed by atoms with van der Waals surface area (Å²) in [6.07, 6.45) is 0.885. The van der Waals surface area contributed by atoms with Crippen molar-refractivity contribution < 1.29 is 14.3 Å². The van der Waals surface area contributed by atoms with Gasteiger partial charge in [0.2, 0.25) is 11.8 Å². The zero-order valence-corrected chi connectivity index (χ0v) is 16.9. The topological polar surface area (TPSA) is 71.5 Å². The van der Waals surface area contributed by atoms with E-state index in [1.165, 1.54) is 11.3 Å². The van der Waals surface area contributed by atoms with Gasteiger partial charge in [-0.15, -0.1) is 11.3 Å². The minimum Gasteiger partial charge on any atom is -0.496 e. The predicted molar refractivity (Wildman–Crippen MR) is 106 cm³/mol. The van der Waals surface area contributed by atoms with Gasteiger partial charge in [0.25, 0.3) is 0 Å². The van der Waals surface area contributed by atoms with Crippen molar-refractivity contribution in [1.29, 1.82) is 0 Å². The van der Waals surface area contributed by atoms with Crippen LogP contribution in [0.5, 0.6) is 5.75 Å². The number of likely N-dealkylation sites (tertiary alicyclic amines) is 1. The number of rotatable bonds is 5. The number of anilines is 1. The SMILES string of the molecule is COc1ccccc1CN1C(=O)CCC1C(=O)Nc1nc(C(C)(C)C)cs1. The zero-order valence-electron chi connectivity index (χ0n) is 16.1. The number of ether oxygens (including phenoxy) is 1. The van der Waals surface area contributed by atoms with Crippen molar-refractivity contribution in [1.82, 2.24) is 9.88 Å². The molecule has 0 bridgehead atoms. The number of thiazole rings is 1. The molecule has 7 heteroatoms. The predicted octanol–water partition coefficient (Wildman–Crippen LogP) is 3.58. The highest BCUT2D eigenvalue weighted by Gasteiger charge is 2.36. The van der Waals surface area contributed by atoms with E-state index in [1.54, 1.807) is 12.0 Å². The van der Waals surface area contributed by atoms with Crippen LogP contribution in [0.4, 0.5) is 5.13 Å². The zero-order chi connectivity index (χ0) is 19.6. The number of para-hydroxylation sites is 1. The number of nitrogens with one attached hydrogen (secondary N) is 1. The Morgan fingerprint density at radius 2 is 2.11 bits per heavy atom. The number of methoxy groups -OCH3 is 1. The summed E-state index contributed by atoms with van der Waals surface area (Å²) in [4.78, 5) is 31.3. The molecule has 2 heterocycles. The summed E-state index contributed by atoms with van der Waals surface area (Å²) < 4.78 is 5.37. The van der Waals surface area contributed by atoms with E-state index in [-0.39, 0.29) is 17.2 Å². The van der Waals surface area contributed by atoms with E-state index in [1.807, 2.05) is 29.6 Å². The van der Waals surface area contributed by atoms with Crippen molar-refractivity contribution in [3.05, 3.63) is 40.9 Å². The summed E-state index contributed by atoms with van der Waals surface area (Å²) in [7, 11) is 1.60.